The number of rotatable bonds is 10. The van der Waals surface area contributed by atoms with Crippen molar-refractivity contribution in [3.63, 3.8) is 0 Å². The molecule has 0 unspecified atom stereocenters. The molecule has 0 aliphatic rings. The summed E-state index contributed by atoms with van der Waals surface area (Å²) in [5.74, 6) is 0.903. The third kappa shape index (κ3) is 10.6. The summed E-state index contributed by atoms with van der Waals surface area (Å²) in [4.78, 5) is 11.6. The van der Waals surface area contributed by atoms with Gasteiger partial charge in [0.25, 0.3) is 0 Å². The van der Waals surface area contributed by atoms with Gasteiger partial charge in [0, 0.05) is 19.6 Å². The largest absolute Gasteiger partial charge is 0.376 e. The van der Waals surface area contributed by atoms with Crippen LogP contribution in [0.15, 0.2) is 0 Å². The number of hydrogen-bond acceptors (Lipinski definition) is 2. The van der Waals surface area contributed by atoms with E-state index in [4.69, 9.17) is 4.74 Å². The predicted octanol–water partition coefficient (Wildman–Crippen LogP) is 3.52. The van der Waals surface area contributed by atoms with E-state index < -0.39 is 0 Å². The van der Waals surface area contributed by atoms with Crippen LogP contribution in [0.25, 0.3) is 0 Å². The molecule has 0 saturated carbocycles. The normalized spacial score (nSPS) is 11.9. The lowest BCUT2D eigenvalue weighted by Gasteiger charge is -2.24. The fourth-order valence-corrected chi connectivity index (χ4v) is 1.87. The van der Waals surface area contributed by atoms with Crippen LogP contribution in [0, 0.1) is 5.92 Å². The van der Waals surface area contributed by atoms with Crippen LogP contribution in [0.1, 0.15) is 66.7 Å². The fraction of sp³-hybridized carbons (Fsp3) is 0.933. The highest BCUT2D eigenvalue weighted by Gasteiger charge is 2.18. The minimum absolute atomic E-state index is 0.146. The molecule has 3 heteroatoms. The van der Waals surface area contributed by atoms with Gasteiger partial charge in [0.1, 0.15) is 0 Å². The number of amides is 1. The second-order valence-corrected chi connectivity index (χ2v) is 5.93. The van der Waals surface area contributed by atoms with Crippen LogP contribution in [-0.2, 0) is 9.53 Å². The summed E-state index contributed by atoms with van der Waals surface area (Å²) in [6, 6.07) is 0. The van der Waals surface area contributed by atoms with Gasteiger partial charge in [-0.1, -0.05) is 26.7 Å². The van der Waals surface area contributed by atoms with Crippen molar-refractivity contribution >= 4 is 5.91 Å². The number of hydrogen-bond donors (Lipinski definition) is 1. The summed E-state index contributed by atoms with van der Waals surface area (Å²) in [5.41, 5.74) is -0.191. The molecule has 0 fully saturated rings. The van der Waals surface area contributed by atoms with Crippen molar-refractivity contribution in [2.75, 3.05) is 13.2 Å². The number of carbonyl (C=O) groups excluding carboxylic acids is 1. The van der Waals surface area contributed by atoms with Crippen molar-refractivity contribution in [2.45, 2.75) is 72.3 Å². The van der Waals surface area contributed by atoms with Crippen LogP contribution in [0.4, 0.5) is 0 Å². The molecular formula is C15H31NO2. The van der Waals surface area contributed by atoms with E-state index in [0.29, 0.717) is 13.0 Å². The van der Waals surface area contributed by atoms with Gasteiger partial charge in [-0.3, -0.25) is 4.79 Å². The van der Waals surface area contributed by atoms with E-state index in [1.807, 2.05) is 20.8 Å². The average molecular weight is 257 g/mol. The highest BCUT2D eigenvalue weighted by atomic mass is 16.5. The SMILES string of the molecule is CCOC(C)(C)CCC(=O)NCCCCC(C)C. The van der Waals surface area contributed by atoms with Crippen LogP contribution < -0.4 is 5.32 Å². The minimum atomic E-state index is -0.191. The van der Waals surface area contributed by atoms with E-state index in [-0.39, 0.29) is 11.5 Å². The smallest absolute Gasteiger partial charge is 0.220 e. The second-order valence-electron chi connectivity index (χ2n) is 5.93. The van der Waals surface area contributed by atoms with Crippen molar-refractivity contribution in [2.24, 2.45) is 5.92 Å². The minimum Gasteiger partial charge on any atom is -0.376 e. The predicted molar refractivity (Wildman–Crippen MR) is 76.6 cm³/mol. The summed E-state index contributed by atoms with van der Waals surface area (Å²) in [7, 11) is 0. The first kappa shape index (κ1) is 17.4. The van der Waals surface area contributed by atoms with Gasteiger partial charge in [-0.2, -0.15) is 0 Å². The molecule has 18 heavy (non-hydrogen) atoms. The van der Waals surface area contributed by atoms with Crippen molar-refractivity contribution in [3.8, 4) is 0 Å². The molecule has 1 N–H and O–H groups in total. The lowest BCUT2D eigenvalue weighted by Crippen LogP contribution is -2.30. The summed E-state index contributed by atoms with van der Waals surface area (Å²) in [6.45, 7) is 12.0. The highest BCUT2D eigenvalue weighted by molar-refractivity contribution is 5.75. The van der Waals surface area contributed by atoms with Gasteiger partial charge in [0.15, 0.2) is 0 Å². The van der Waals surface area contributed by atoms with Gasteiger partial charge >= 0.3 is 0 Å². The van der Waals surface area contributed by atoms with Crippen LogP contribution >= 0.6 is 0 Å². The molecule has 0 atom stereocenters. The Morgan fingerprint density at radius 2 is 1.94 bits per heavy atom. The topological polar surface area (TPSA) is 38.3 Å². The van der Waals surface area contributed by atoms with E-state index in [1.165, 1.54) is 12.8 Å². The lowest BCUT2D eigenvalue weighted by molar-refractivity contribution is -0.122. The summed E-state index contributed by atoms with van der Waals surface area (Å²) in [6.07, 6.45) is 4.85. The van der Waals surface area contributed by atoms with Gasteiger partial charge in [-0.25, -0.2) is 0 Å². The van der Waals surface area contributed by atoms with Crippen LogP contribution in [0.2, 0.25) is 0 Å². The van der Waals surface area contributed by atoms with Crippen LogP contribution in [-0.4, -0.2) is 24.7 Å². The van der Waals surface area contributed by atoms with E-state index in [9.17, 15) is 4.79 Å². The highest BCUT2D eigenvalue weighted by Crippen LogP contribution is 2.16. The van der Waals surface area contributed by atoms with Gasteiger partial charge in [0.05, 0.1) is 5.60 Å². The third-order valence-corrected chi connectivity index (χ3v) is 3.02. The molecule has 0 aromatic heterocycles. The Bertz CT molecular complexity index is 225. The number of ether oxygens (including phenoxy) is 1. The molecule has 0 aromatic carbocycles. The molecule has 0 aliphatic heterocycles. The molecule has 0 aliphatic carbocycles. The van der Waals surface area contributed by atoms with Gasteiger partial charge in [-0.05, 0) is 39.5 Å². The molecule has 0 saturated heterocycles. The van der Waals surface area contributed by atoms with Crippen molar-refractivity contribution in [1.29, 1.82) is 0 Å². The Morgan fingerprint density at radius 3 is 2.50 bits per heavy atom. The molecule has 0 heterocycles. The summed E-state index contributed by atoms with van der Waals surface area (Å²) < 4.78 is 5.57. The van der Waals surface area contributed by atoms with E-state index in [0.717, 1.165) is 25.3 Å². The first-order valence-corrected chi connectivity index (χ1v) is 7.28. The zero-order valence-electron chi connectivity index (χ0n) is 12.8. The van der Waals surface area contributed by atoms with E-state index >= 15 is 0 Å². The van der Waals surface area contributed by atoms with Crippen molar-refractivity contribution in [3.05, 3.63) is 0 Å². The third-order valence-electron chi connectivity index (χ3n) is 3.02. The Balaban J connectivity index is 3.54. The average Bonchev–Trinajstić information content (AvgIpc) is 2.25. The molecule has 0 spiro atoms. The Labute approximate surface area is 113 Å². The monoisotopic (exact) mass is 257 g/mol. The quantitative estimate of drug-likeness (QED) is 0.608. The first-order chi connectivity index (χ1) is 8.37. The zero-order chi connectivity index (χ0) is 14.0. The molecule has 0 aromatic rings. The molecular weight excluding hydrogens is 226 g/mol. The molecule has 3 nitrogen and oxygen atoms in total. The number of carbonyl (C=O) groups is 1. The molecule has 108 valence electrons. The Hall–Kier alpha value is -0.570. The zero-order valence-corrected chi connectivity index (χ0v) is 12.8. The fourth-order valence-electron chi connectivity index (χ4n) is 1.87. The van der Waals surface area contributed by atoms with Crippen LogP contribution in [0.3, 0.4) is 0 Å². The lowest BCUT2D eigenvalue weighted by atomic mass is 10.0. The maximum absolute atomic E-state index is 11.6. The summed E-state index contributed by atoms with van der Waals surface area (Å²) >= 11 is 0. The molecule has 1 amide bonds. The van der Waals surface area contributed by atoms with E-state index in [2.05, 4.69) is 19.2 Å². The molecule has 0 bridgehead atoms. The number of unbranched alkanes of at least 4 members (excludes halogenated alkanes) is 1. The van der Waals surface area contributed by atoms with Crippen molar-refractivity contribution < 1.29 is 9.53 Å². The first-order valence-electron chi connectivity index (χ1n) is 7.28. The second kappa shape index (κ2) is 9.37. The summed E-state index contributed by atoms with van der Waals surface area (Å²) in [5, 5.41) is 2.98. The van der Waals surface area contributed by atoms with Gasteiger partial charge in [-0.15, -0.1) is 0 Å². The maximum atomic E-state index is 11.6. The van der Waals surface area contributed by atoms with E-state index in [1.54, 1.807) is 0 Å². The number of nitrogens with one attached hydrogen (secondary N) is 1. The van der Waals surface area contributed by atoms with Crippen LogP contribution in [0.5, 0.6) is 0 Å². The molecule has 0 radical (unpaired) electrons. The Morgan fingerprint density at radius 1 is 1.28 bits per heavy atom. The van der Waals surface area contributed by atoms with Gasteiger partial charge in [0.2, 0.25) is 5.91 Å². The Kier molecular flexibility index (Phi) is 9.08. The molecule has 0 rings (SSSR count). The van der Waals surface area contributed by atoms with Crippen molar-refractivity contribution in [1.82, 2.24) is 5.32 Å². The maximum Gasteiger partial charge on any atom is 0.220 e. The standard InChI is InChI=1S/C15H31NO2/c1-6-18-15(4,5)11-10-14(17)16-12-8-7-9-13(2)3/h13H,6-12H2,1-5H3,(H,16,17). The van der Waals surface area contributed by atoms with Gasteiger partial charge < -0.3 is 10.1 Å².